The van der Waals surface area contributed by atoms with E-state index in [0.717, 1.165) is 0 Å². The van der Waals surface area contributed by atoms with E-state index in [1.54, 1.807) is 0 Å². The lowest BCUT2D eigenvalue weighted by Gasteiger charge is -2.02. The molecule has 1 aliphatic heterocycles. The summed E-state index contributed by atoms with van der Waals surface area (Å²) in [6, 6.07) is 0. The van der Waals surface area contributed by atoms with Crippen molar-refractivity contribution in [3.05, 3.63) is 0 Å². The Kier molecular flexibility index (Phi) is 1.71. The van der Waals surface area contributed by atoms with Gasteiger partial charge >= 0.3 is 5.97 Å². The molecule has 1 unspecified atom stereocenters. The fraction of sp³-hybridized carbons (Fsp3) is 0.833. The maximum atomic E-state index is 10.3. The van der Waals surface area contributed by atoms with Gasteiger partial charge in [0.05, 0.1) is 18.6 Å². The molecule has 1 fully saturated rings. The molecule has 1 saturated heterocycles. The van der Waals surface area contributed by atoms with Crippen molar-refractivity contribution in [2.45, 2.75) is 19.4 Å². The number of carboxylic acids is 1. The summed E-state index contributed by atoms with van der Waals surface area (Å²) in [5.41, 5.74) is 0. The number of aliphatic carboxylic acids is 1. The van der Waals surface area contributed by atoms with Gasteiger partial charge in [0, 0.05) is 0 Å². The molecule has 0 amide bonds. The van der Waals surface area contributed by atoms with Gasteiger partial charge in [0.1, 0.15) is 0 Å². The van der Waals surface area contributed by atoms with Crippen LogP contribution in [0.15, 0.2) is 0 Å². The normalized spacial score (nSPS) is 27.4. The van der Waals surface area contributed by atoms with Gasteiger partial charge in [-0.3, -0.25) is 4.79 Å². The smallest absolute Gasteiger partial charge is 0.309 e. The molecule has 2 atom stereocenters. The highest BCUT2D eigenvalue weighted by Gasteiger charge is 2.36. The Balaban J connectivity index is 2.37. The Morgan fingerprint density at radius 3 is 2.67 bits per heavy atom. The number of epoxide rings is 1. The minimum Gasteiger partial charge on any atom is -0.481 e. The number of hydrogen-bond donors (Lipinski definition) is 1. The summed E-state index contributed by atoms with van der Waals surface area (Å²) < 4.78 is 4.84. The minimum absolute atomic E-state index is 0.00694. The van der Waals surface area contributed by atoms with E-state index < -0.39 is 5.97 Å². The van der Waals surface area contributed by atoms with Crippen molar-refractivity contribution in [2.24, 2.45) is 5.92 Å². The molecule has 1 aliphatic rings. The molecule has 0 saturated carbocycles. The Bertz CT molecular complexity index is 117. The molecular weight excluding hydrogens is 120 g/mol. The average Bonchev–Trinajstić information content (AvgIpc) is 2.50. The first-order chi connectivity index (χ1) is 4.25. The SMILES string of the molecule is CCC(C(=O)O)[C@H]1CO1. The minimum atomic E-state index is -0.736. The van der Waals surface area contributed by atoms with Crippen LogP contribution in [-0.4, -0.2) is 23.8 Å². The van der Waals surface area contributed by atoms with E-state index in [-0.39, 0.29) is 12.0 Å². The van der Waals surface area contributed by atoms with E-state index in [1.807, 2.05) is 6.92 Å². The van der Waals surface area contributed by atoms with Gasteiger partial charge in [0.15, 0.2) is 0 Å². The third kappa shape index (κ3) is 1.42. The predicted molar refractivity (Wildman–Crippen MR) is 31.2 cm³/mol. The van der Waals surface area contributed by atoms with E-state index in [9.17, 15) is 4.79 Å². The van der Waals surface area contributed by atoms with Crippen LogP contribution in [0.25, 0.3) is 0 Å². The molecule has 0 bridgehead atoms. The van der Waals surface area contributed by atoms with Crippen LogP contribution in [0.4, 0.5) is 0 Å². The van der Waals surface area contributed by atoms with Crippen LogP contribution >= 0.6 is 0 Å². The van der Waals surface area contributed by atoms with Crippen molar-refractivity contribution in [2.75, 3.05) is 6.61 Å². The summed E-state index contributed by atoms with van der Waals surface area (Å²) in [5.74, 6) is -1.01. The van der Waals surface area contributed by atoms with Crippen LogP contribution < -0.4 is 0 Å². The summed E-state index contributed by atoms with van der Waals surface area (Å²) in [7, 11) is 0. The summed E-state index contributed by atoms with van der Waals surface area (Å²) >= 11 is 0. The highest BCUT2D eigenvalue weighted by atomic mass is 16.6. The lowest BCUT2D eigenvalue weighted by Crippen LogP contribution is -2.18. The summed E-state index contributed by atoms with van der Waals surface area (Å²) in [6.07, 6.45) is 0.674. The molecule has 9 heavy (non-hydrogen) atoms. The second kappa shape index (κ2) is 2.35. The molecule has 1 N–H and O–H groups in total. The Morgan fingerprint density at radius 1 is 2.00 bits per heavy atom. The van der Waals surface area contributed by atoms with Crippen LogP contribution in [-0.2, 0) is 9.53 Å². The Hall–Kier alpha value is -0.570. The monoisotopic (exact) mass is 130 g/mol. The number of carbonyl (C=O) groups is 1. The van der Waals surface area contributed by atoms with Crippen molar-refractivity contribution in [1.82, 2.24) is 0 Å². The fourth-order valence-electron chi connectivity index (χ4n) is 0.884. The molecule has 1 rings (SSSR count). The second-order valence-electron chi connectivity index (χ2n) is 2.22. The number of hydrogen-bond acceptors (Lipinski definition) is 2. The van der Waals surface area contributed by atoms with Crippen molar-refractivity contribution in [3.8, 4) is 0 Å². The molecule has 0 aromatic carbocycles. The van der Waals surface area contributed by atoms with Crippen molar-refractivity contribution in [3.63, 3.8) is 0 Å². The third-order valence-electron chi connectivity index (χ3n) is 1.56. The molecular formula is C6H10O3. The molecule has 0 spiro atoms. The first-order valence-corrected chi connectivity index (χ1v) is 3.10. The van der Waals surface area contributed by atoms with Gasteiger partial charge in [-0.1, -0.05) is 6.92 Å². The lowest BCUT2D eigenvalue weighted by molar-refractivity contribution is -0.142. The molecule has 0 aromatic rings. The molecule has 0 aromatic heterocycles. The summed E-state index contributed by atoms with van der Waals surface area (Å²) in [4.78, 5) is 10.3. The van der Waals surface area contributed by atoms with Crippen LogP contribution in [0.3, 0.4) is 0 Å². The van der Waals surface area contributed by atoms with E-state index in [4.69, 9.17) is 9.84 Å². The van der Waals surface area contributed by atoms with Gasteiger partial charge in [0.25, 0.3) is 0 Å². The van der Waals surface area contributed by atoms with Gasteiger partial charge in [-0.05, 0) is 6.42 Å². The lowest BCUT2D eigenvalue weighted by atomic mass is 10.0. The third-order valence-corrected chi connectivity index (χ3v) is 1.56. The van der Waals surface area contributed by atoms with E-state index in [1.165, 1.54) is 0 Å². The standard InChI is InChI=1S/C6H10O3/c1-2-4(6(7)8)5-3-9-5/h4-5H,2-3H2,1H3,(H,7,8)/t4?,5-/m1/s1. The zero-order valence-electron chi connectivity index (χ0n) is 5.33. The predicted octanol–water partition coefficient (Wildman–Crippen LogP) is 0.496. The highest BCUT2D eigenvalue weighted by molar-refractivity contribution is 5.71. The largest absolute Gasteiger partial charge is 0.481 e. The topological polar surface area (TPSA) is 49.8 Å². The molecule has 3 heteroatoms. The molecule has 1 heterocycles. The molecule has 0 aliphatic carbocycles. The van der Waals surface area contributed by atoms with Gasteiger partial charge in [-0.25, -0.2) is 0 Å². The van der Waals surface area contributed by atoms with Crippen molar-refractivity contribution >= 4 is 5.97 Å². The zero-order chi connectivity index (χ0) is 6.85. The van der Waals surface area contributed by atoms with E-state index in [0.29, 0.717) is 13.0 Å². The fourth-order valence-corrected chi connectivity index (χ4v) is 0.884. The van der Waals surface area contributed by atoms with Gasteiger partial charge in [-0.2, -0.15) is 0 Å². The van der Waals surface area contributed by atoms with Gasteiger partial charge < -0.3 is 9.84 Å². The van der Waals surface area contributed by atoms with Gasteiger partial charge in [0.2, 0.25) is 0 Å². The number of carboxylic acid groups (broad SMARTS) is 1. The van der Waals surface area contributed by atoms with Crippen LogP contribution in [0, 0.1) is 5.92 Å². The summed E-state index contributed by atoms with van der Waals surface area (Å²) in [5, 5.41) is 8.50. The Labute approximate surface area is 53.6 Å². The highest BCUT2D eigenvalue weighted by Crippen LogP contribution is 2.22. The molecule has 0 radical (unpaired) electrons. The number of ether oxygens (including phenoxy) is 1. The van der Waals surface area contributed by atoms with Crippen molar-refractivity contribution < 1.29 is 14.6 Å². The van der Waals surface area contributed by atoms with E-state index >= 15 is 0 Å². The molecule has 3 nitrogen and oxygen atoms in total. The maximum absolute atomic E-state index is 10.3. The average molecular weight is 130 g/mol. The van der Waals surface area contributed by atoms with Crippen molar-refractivity contribution in [1.29, 1.82) is 0 Å². The van der Waals surface area contributed by atoms with Crippen LogP contribution in [0.5, 0.6) is 0 Å². The van der Waals surface area contributed by atoms with Crippen LogP contribution in [0.1, 0.15) is 13.3 Å². The second-order valence-corrected chi connectivity index (χ2v) is 2.22. The van der Waals surface area contributed by atoms with E-state index in [2.05, 4.69) is 0 Å². The summed E-state index contributed by atoms with van der Waals surface area (Å²) in [6.45, 7) is 2.49. The number of rotatable bonds is 3. The maximum Gasteiger partial charge on any atom is 0.309 e. The first kappa shape index (κ1) is 6.55. The van der Waals surface area contributed by atoms with Gasteiger partial charge in [-0.15, -0.1) is 0 Å². The van der Waals surface area contributed by atoms with Crippen LogP contribution in [0.2, 0.25) is 0 Å². The Morgan fingerprint density at radius 2 is 2.56 bits per heavy atom. The quantitative estimate of drug-likeness (QED) is 0.566. The zero-order valence-corrected chi connectivity index (χ0v) is 5.33. The molecule has 52 valence electrons. The first-order valence-electron chi connectivity index (χ1n) is 3.10.